The van der Waals surface area contributed by atoms with E-state index in [1.807, 2.05) is 57.3 Å². The zero-order valence-corrected chi connectivity index (χ0v) is 22.4. The van der Waals surface area contributed by atoms with Gasteiger partial charge in [0.1, 0.15) is 22.8 Å². The van der Waals surface area contributed by atoms with Crippen LogP contribution < -0.4 is 4.74 Å². The molecule has 3 aromatic heterocycles. The third-order valence-corrected chi connectivity index (χ3v) is 7.67. The normalized spacial score (nSPS) is 18.3. The predicted octanol–water partition coefficient (Wildman–Crippen LogP) is 6.71. The molecule has 40 heavy (non-hydrogen) atoms. The number of benzene rings is 2. The molecule has 0 amide bonds. The molecular weight excluding hydrogens is 514 g/mol. The topological polar surface area (TPSA) is 90.7 Å². The molecule has 5 aromatic rings. The number of halogens is 2. The zero-order valence-electron chi connectivity index (χ0n) is 22.4. The summed E-state index contributed by atoms with van der Waals surface area (Å²) >= 11 is 0. The molecule has 8 nitrogen and oxygen atoms in total. The Labute approximate surface area is 229 Å². The van der Waals surface area contributed by atoms with Crippen molar-refractivity contribution in [2.45, 2.75) is 51.7 Å². The number of alkyl halides is 2. The molecule has 2 aliphatic rings. The van der Waals surface area contributed by atoms with E-state index in [4.69, 9.17) is 19.4 Å². The molecule has 1 N–H and O–H groups in total. The van der Waals surface area contributed by atoms with Crippen LogP contribution in [0.15, 0.2) is 55.0 Å². The van der Waals surface area contributed by atoms with Crippen LogP contribution in [0.4, 0.5) is 8.78 Å². The molecule has 4 heterocycles. The second kappa shape index (κ2) is 8.92. The molecule has 1 fully saturated rings. The highest BCUT2D eigenvalue weighted by Gasteiger charge is 2.45. The monoisotopic (exact) mass is 542 g/mol. The van der Waals surface area contributed by atoms with Gasteiger partial charge < -0.3 is 14.5 Å². The van der Waals surface area contributed by atoms with E-state index in [0.717, 1.165) is 39.1 Å². The van der Waals surface area contributed by atoms with Gasteiger partial charge in [-0.2, -0.15) is 5.10 Å². The number of hydrogen-bond donors (Lipinski definition) is 1. The summed E-state index contributed by atoms with van der Waals surface area (Å²) in [5, 5.41) is 4.40. The van der Waals surface area contributed by atoms with Gasteiger partial charge in [-0.05, 0) is 56.5 Å². The van der Waals surface area contributed by atoms with E-state index >= 15 is 0 Å². The highest BCUT2D eigenvalue weighted by molar-refractivity contribution is 5.95. The molecule has 1 saturated carbocycles. The standard InChI is InChI=1S/C30H28F2N6O2/c1-17-35-22-5-4-20(10-24(22)36-17)40-26-7-6-23-28(27(26)21-8-9-39-29(21,2)3)37-25(14-33-23)19-13-34-38(16-19)15-18-11-30(31,32)12-18/h4-8,10,13-14,16,18H,9,11-12,15H2,1-3H3,(H,35,36). The fraction of sp³-hybridized carbons (Fsp3) is 0.333. The van der Waals surface area contributed by atoms with Gasteiger partial charge in [0, 0.05) is 37.2 Å². The lowest BCUT2D eigenvalue weighted by Gasteiger charge is -2.34. The molecule has 0 bridgehead atoms. The van der Waals surface area contributed by atoms with Crippen LogP contribution in [0.5, 0.6) is 11.5 Å². The van der Waals surface area contributed by atoms with Crippen LogP contribution in [-0.4, -0.2) is 47.8 Å². The van der Waals surface area contributed by atoms with Gasteiger partial charge in [0.2, 0.25) is 5.92 Å². The van der Waals surface area contributed by atoms with Crippen molar-refractivity contribution in [3.63, 3.8) is 0 Å². The predicted molar refractivity (Wildman–Crippen MR) is 147 cm³/mol. The summed E-state index contributed by atoms with van der Waals surface area (Å²) in [7, 11) is 0. The van der Waals surface area contributed by atoms with Crippen molar-refractivity contribution in [2.24, 2.45) is 5.92 Å². The fourth-order valence-electron chi connectivity index (χ4n) is 5.68. The Balaban J connectivity index is 1.29. The van der Waals surface area contributed by atoms with E-state index in [1.54, 1.807) is 17.1 Å². The third-order valence-electron chi connectivity index (χ3n) is 7.67. The van der Waals surface area contributed by atoms with E-state index in [0.29, 0.717) is 35.9 Å². The minimum absolute atomic E-state index is 0.0711. The lowest BCUT2D eigenvalue weighted by molar-refractivity contribution is -0.114. The number of rotatable bonds is 6. The Bertz CT molecular complexity index is 1800. The quantitative estimate of drug-likeness (QED) is 0.257. The molecule has 0 radical (unpaired) electrons. The van der Waals surface area contributed by atoms with Gasteiger partial charge in [-0.3, -0.25) is 9.67 Å². The van der Waals surface area contributed by atoms with Gasteiger partial charge in [-0.1, -0.05) is 6.08 Å². The highest BCUT2D eigenvalue weighted by Crippen LogP contribution is 2.44. The molecule has 2 aromatic carbocycles. The van der Waals surface area contributed by atoms with E-state index in [2.05, 4.69) is 21.1 Å². The van der Waals surface area contributed by atoms with Crippen LogP contribution in [0.1, 0.15) is 38.1 Å². The van der Waals surface area contributed by atoms with Crippen molar-refractivity contribution >= 4 is 27.6 Å². The van der Waals surface area contributed by atoms with Crippen LogP contribution in [0.3, 0.4) is 0 Å². The molecule has 1 aliphatic carbocycles. The maximum absolute atomic E-state index is 13.3. The number of fused-ring (bicyclic) bond motifs is 2. The molecule has 0 spiro atoms. The van der Waals surface area contributed by atoms with Gasteiger partial charge in [-0.25, -0.2) is 18.7 Å². The fourth-order valence-corrected chi connectivity index (χ4v) is 5.68. The van der Waals surface area contributed by atoms with Crippen molar-refractivity contribution in [3.8, 4) is 22.8 Å². The van der Waals surface area contributed by atoms with Gasteiger partial charge in [-0.15, -0.1) is 0 Å². The minimum atomic E-state index is -2.55. The van der Waals surface area contributed by atoms with E-state index in [-0.39, 0.29) is 18.8 Å². The van der Waals surface area contributed by atoms with Crippen LogP contribution in [-0.2, 0) is 11.3 Å². The molecular formula is C30H28F2N6O2. The average Bonchev–Trinajstić information content (AvgIpc) is 3.59. The third kappa shape index (κ3) is 4.42. The first-order valence-electron chi connectivity index (χ1n) is 13.3. The van der Waals surface area contributed by atoms with Crippen molar-refractivity contribution < 1.29 is 18.3 Å². The van der Waals surface area contributed by atoms with Crippen molar-refractivity contribution in [3.05, 3.63) is 66.4 Å². The maximum Gasteiger partial charge on any atom is 0.248 e. The molecule has 10 heteroatoms. The molecule has 204 valence electrons. The van der Waals surface area contributed by atoms with Crippen LogP contribution in [0, 0.1) is 12.8 Å². The number of nitrogens with one attached hydrogen (secondary N) is 1. The largest absolute Gasteiger partial charge is 0.457 e. The Kier molecular flexibility index (Phi) is 5.54. The Morgan fingerprint density at radius 1 is 1.10 bits per heavy atom. The second-order valence-electron chi connectivity index (χ2n) is 11.2. The number of ether oxygens (including phenoxy) is 2. The number of H-pyrrole nitrogens is 1. The maximum atomic E-state index is 13.3. The minimum Gasteiger partial charge on any atom is -0.457 e. The zero-order chi connectivity index (χ0) is 27.6. The van der Waals surface area contributed by atoms with Crippen LogP contribution >= 0.6 is 0 Å². The summed E-state index contributed by atoms with van der Waals surface area (Å²) in [6.07, 6.45) is 7.13. The summed E-state index contributed by atoms with van der Waals surface area (Å²) in [5.74, 6) is -0.471. The van der Waals surface area contributed by atoms with Gasteiger partial charge in [0.25, 0.3) is 0 Å². The Hall–Kier alpha value is -4.18. The van der Waals surface area contributed by atoms with E-state index < -0.39 is 11.5 Å². The summed E-state index contributed by atoms with van der Waals surface area (Å²) in [6, 6.07) is 9.57. The summed E-state index contributed by atoms with van der Waals surface area (Å²) in [6.45, 7) is 6.91. The van der Waals surface area contributed by atoms with Gasteiger partial charge in [0.15, 0.2) is 0 Å². The van der Waals surface area contributed by atoms with Crippen molar-refractivity contribution in [1.29, 1.82) is 0 Å². The number of imidazole rings is 1. The highest BCUT2D eigenvalue weighted by atomic mass is 19.3. The first-order valence-corrected chi connectivity index (χ1v) is 13.3. The average molecular weight is 543 g/mol. The number of aromatic nitrogens is 6. The summed E-state index contributed by atoms with van der Waals surface area (Å²) in [5.41, 5.74) is 5.83. The second-order valence-corrected chi connectivity index (χ2v) is 11.2. The Morgan fingerprint density at radius 3 is 2.70 bits per heavy atom. The molecule has 0 atom stereocenters. The number of hydrogen-bond acceptors (Lipinski definition) is 6. The number of nitrogens with zero attached hydrogens (tertiary/aromatic N) is 5. The van der Waals surface area contributed by atoms with Gasteiger partial charge >= 0.3 is 0 Å². The number of aryl methyl sites for hydroxylation is 1. The number of aromatic amines is 1. The van der Waals surface area contributed by atoms with E-state index in [1.165, 1.54) is 0 Å². The molecule has 0 saturated heterocycles. The van der Waals surface area contributed by atoms with Crippen LogP contribution in [0.2, 0.25) is 0 Å². The van der Waals surface area contributed by atoms with Crippen molar-refractivity contribution in [2.75, 3.05) is 6.61 Å². The van der Waals surface area contributed by atoms with Gasteiger partial charge in [0.05, 0.1) is 52.4 Å². The lowest BCUT2D eigenvalue weighted by atomic mass is 9.81. The Morgan fingerprint density at radius 2 is 1.93 bits per heavy atom. The SMILES string of the molecule is Cc1nc2ccc(Oc3ccc4ncc(-c5cnn(CC6CC(F)(F)C6)c5)nc4c3C3=CCOC3(C)C)cc2[nH]1. The molecule has 7 rings (SSSR count). The van der Waals surface area contributed by atoms with E-state index in [9.17, 15) is 8.78 Å². The summed E-state index contributed by atoms with van der Waals surface area (Å²) < 4.78 is 40.8. The summed E-state index contributed by atoms with van der Waals surface area (Å²) in [4.78, 5) is 17.5. The first kappa shape index (κ1) is 24.8. The lowest BCUT2D eigenvalue weighted by Crippen LogP contribution is -2.37. The molecule has 0 unspecified atom stereocenters. The first-order chi connectivity index (χ1) is 19.1. The molecule has 1 aliphatic heterocycles. The van der Waals surface area contributed by atoms with Crippen molar-refractivity contribution in [1.82, 2.24) is 29.7 Å². The smallest absolute Gasteiger partial charge is 0.248 e. The van der Waals surface area contributed by atoms with Crippen LogP contribution in [0.25, 0.3) is 38.9 Å².